The Hall–Kier alpha value is -1.00. The molecular formula is C12H20N4. The number of rotatable bonds is 3. The number of hydrogen-bond acceptors (Lipinski definition) is 4. The van der Waals surface area contributed by atoms with Crippen LogP contribution in [0.15, 0.2) is 12.4 Å². The van der Waals surface area contributed by atoms with E-state index in [1.807, 2.05) is 19.3 Å². The Bertz CT molecular complexity index is 316. The van der Waals surface area contributed by atoms with E-state index in [9.17, 15) is 0 Å². The van der Waals surface area contributed by atoms with E-state index in [0.29, 0.717) is 6.04 Å². The van der Waals surface area contributed by atoms with Crippen molar-refractivity contribution >= 4 is 0 Å². The molecule has 0 saturated carbocycles. The van der Waals surface area contributed by atoms with E-state index in [2.05, 4.69) is 27.2 Å². The van der Waals surface area contributed by atoms with Crippen LogP contribution in [-0.2, 0) is 6.54 Å². The molecule has 0 radical (unpaired) electrons. The minimum Gasteiger partial charge on any atom is -0.317 e. The molecule has 0 aliphatic carbocycles. The van der Waals surface area contributed by atoms with Gasteiger partial charge in [-0.2, -0.15) is 0 Å². The summed E-state index contributed by atoms with van der Waals surface area (Å²) in [5.41, 5.74) is 1.20. The lowest BCUT2D eigenvalue weighted by molar-refractivity contribution is 0.191. The summed E-state index contributed by atoms with van der Waals surface area (Å²) in [6.45, 7) is 5.14. The van der Waals surface area contributed by atoms with Crippen molar-refractivity contribution < 1.29 is 0 Å². The molecule has 88 valence electrons. The average Bonchev–Trinajstić information content (AvgIpc) is 2.33. The summed E-state index contributed by atoms with van der Waals surface area (Å²) in [4.78, 5) is 10.9. The minimum absolute atomic E-state index is 0.697. The second-order valence-electron chi connectivity index (χ2n) is 4.53. The highest BCUT2D eigenvalue weighted by molar-refractivity contribution is 5.04. The molecule has 1 N–H and O–H groups in total. The van der Waals surface area contributed by atoms with Crippen LogP contribution >= 0.6 is 0 Å². The third-order valence-corrected chi connectivity index (χ3v) is 3.20. The topological polar surface area (TPSA) is 41.1 Å². The van der Waals surface area contributed by atoms with Crippen molar-refractivity contribution in [1.29, 1.82) is 0 Å². The summed E-state index contributed by atoms with van der Waals surface area (Å²) in [5.74, 6) is 0.841. The first-order valence-electron chi connectivity index (χ1n) is 5.94. The lowest BCUT2D eigenvalue weighted by Gasteiger charge is -2.31. The largest absolute Gasteiger partial charge is 0.317 e. The molecule has 2 rings (SSSR count). The standard InChI is InChI=1S/C12H20N4/c1-10-14-7-11(8-15-10)9-16(2)12-3-5-13-6-4-12/h7-8,12-13H,3-6,9H2,1-2H3. The van der Waals surface area contributed by atoms with E-state index in [0.717, 1.165) is 25.5 Å². The molecule has 16 heavy (non-hydrogen) atoms. The third kappa shape index (κ3) is 3.00. The van der Waals surface area contributed by atoms with Crippen molar-refractivity contribution in [2.75, 3.05) is 20.1 Å². The number of nitrogens with zero attached hydrogens (tertiary/aromatic N) is 3. The summed E-state index contributed by atoms with van der Waals surface area (Å²) in [6.07, 6.45) is 6.34. The molecule has 1 aliphatic heterocycles. The fourth-order valence-electron chi connectivity index (χ4n) is 2.17. The molecule has 2 heterocycles. The van der Waals surface area contributed by atoms with E-state index in [-0.39, 0.29) is 0 Å². The van der Waals surface area contributed by atoms with Gasteiger partial charge in [-0.15, -0.1) is 0 Å². The average molecular weight is 220 g/mol. The zero-order valence-corrected chi connectivity index (χ0v) is 10.1. The zero-order chi connectivity index (χ0) is 11.4. The van der Waals surface area contributed by atoms with Crippen molar-refractivity contribution in [2.45, 2.75) is 32.4 Å². The van der Waals surface area contributed by atoms with Gasteiger partial charge in [0.05, 0.1) is 0 Å². The maximum atomic E-state index is 4.23. The molecule has 0 spiro atoms. The normalized spacial score (nSPS) is 17.9. The van der Waals surface area contributed by atoms with Gasteiger partial charge in [0.2, 0.25) is 0 Å². The predicted molar refractivity (Wildman–Crippen MR) is 64.1 cm³/mol. The Morgan fingerprint density at radius 1 is 1.31 bits per heavy atom. The second-order valence-corrected chi connectivity index (χ2v) is 4.53. The van der Waals surface area contributed by atoms with Crippen LogP contribution in [0.3, 0.4) is 0 Å². The molecule has 1 aliphatic rings. The summed E-state index contributed by atoms with van der Waals surface area (Å²) in [7, 11) is 2.19. The lowest BCUT2D eigenvalue weighted by atomic mass is 10.1. The highest BCUT2D eigenvalue weighted by Gasteiger charge is 2.17. The third-order valence-electron chi connectivity index (χ3n) is 3.20. The quantitative estimate of drug-likeness (QED) is 0.824. The van der Waals surface area contributed by atoms with Gasteiger partial charge >= 0.3 is 0 Å². The van der Waals surface area contributed by atoms with Gasteiger partial charge in [0.25, 0.3) is 0 Å². The fourth-order valence-corrected chi connectivity index (χ4v) is 2.17. The zero-order valence-electron chi connectivity index (χ0n) is 10.1. The molecule has 0 unspecified atom stereocenters. The summed E-state index contributed by atoms with van der Waals surface area (Å²) >= 11 is 0. The first kappa shape index (κ1) is 11.5. The maximum Gasteiger partial charge on any atom is 0.125 e. The Morgan fingerprint density at radius 3 is 2.56 bits per heavy atom. The van der Waals surface area contributed by atoms with Gasteiger partial charge in [-0.1, -0.05) is 0 Å². The smallest absolute Gasteiger partial charge is 0.125 e. The van der Waals surface area contributed by atoms with Crippen LogP contribution in [0.25, 0.3) is 0 Å². The Labute approximate surface area is 97.1 Å². The molecule has 0 bridgehead atoms. The van der Waals surface area contributed by atoms with Gasteiger partial charge < -0.3 is 5.32 Å². The van der Waals surface area contributed by atoms with E-state index in [4.69, 9.17) is 0 Å². The Kier molecular flexibility index (Phi) is 3.85. The van der Waals surface area contributed by atoms with E-state index in [1.54, 1.807) is 0 Å². The highest BCUT2D eigenvalue weighted by atomic mass is 15.1. The molecule has 4 heteroatoms. The Balaban J connectivity index is 1.90. The summed E-state index contributed by atoms with van der Waals surface area (Å²) in [6, 6.07) is 0.697. The minimum atomic E-state index is 0.697. The lowest BCUT2D eigenvalue weighted by Crippen LogP contribution is -2.40. The van der Waals surface area contributed by atoms with Crippen molar-refractivity contribution in [3.05, 3.63) is 23.8 Å². The number of piperidine rings is 1. The fraction of sp³-hybridized carbons (Fsp3) is 0.667. The van der Waals surface area contributed by atoms with Crippen molar-refractivity contribution in [2.24, 2.45) is 0 Å². The van der Waals surface area contributed by atoms with E-state index >= 15 is 0 Å². The van der Waals surface area contributed by atoms with Gasteiger partial charge in [0, 0.05) is 30.5 Å². The summed E-state index contributed by atoms with van der Waals surface area (Å²) < 4.78 is 0. The van der Waals surface area contributed by atoms with Gasteiger partial charge in [-0.05, 0) is 39.9 Å². The van der Waals surface area contributed by atoms with Gasteiger partial charge in [-0.3, -0.25) is 4.90 Å². The first-order valence-corrected chi connectivity index (χ1v) is 5.94. The number of hydrogen-bond donors (Lipinski definition) is 1. The van der Waals surface area contributed by atoms with Crippen LogP contribution in [0, 0.1) is 6.92 Å². The van der Waals surface area contributed by atoms with E-state index < -0.39 is 0 Å². The van der Waals surface area contributed by atoms with Crippen LogP contribution in [0.4, 0.5) is 0 Å². The van der Waals surface area contributed by atoms with E-state index in [1.165, 1.54) is 18.4 Å². The van der Waals surface area contributed by atoms with Crippen LogP contribution in [0.2, 0.25) is 0 Å². The monoisotopic (exact) mass is 220 g/mol. The van der Waals surface area contributed by atoms with Crippen LogP contribution in [0.5, 0.6) is 0 Å². The molecule has 0 atom stereocenters. The number of aryl methyl sites for hydroxylation is 1. The molecule has 4 nitrogen and oxygen atoms in total. The molecule has 1 fully saturated rings. The highest BCUT2D eigenvalue weighted by Crippen LogP contribution is 2.12. The van der Waals surface area contributed by atoms with Crippen LogP contribution in [-0.4, -0.2) is 41.0 Å². The first-order chi connectivity index (χ1) is 7.75. The van der Waals surface area contributed by atoms with Gasteiger partial charge in [0.15, 0.2) is 0 Å². The molecule has 0 amide bonds. The van der Waals surface area contributed by atoms with Crippen LogP contribution in [0.1, 0.15) is 24.2 Å². The van der Waals surface area contributed by atoms with Gasteiger partial charge in [0.1, 0.15) is 5.82 Å². The molecule has 1 saturated heterocycles. The van der Waals surface area contributed by atoms with Crippen LogP contribution < -0.4 is 5.32 Å². The maximum absolute atomic E-state index is 4.23. The SMILES string of the molecule is Cc1ncc(CN(C)C2CCNCC2)cn1. The number of aromatic nitrogens is 2. The molecule has 1 aromatic rings. The molecule has 0 aromatic carbocycles. The second kappa shape index (κ2) is 5.37. The van der Waals surface area contributed by atoms with Crippen molar-refractivity contribution in [3.63, 3.8) is 0 Å². The summed E-state index contributed by atoms with van der Waals surface area (Å²) in [5, 5.41) is 3.39. The van der Waals surface area contributed by atoms with Gasteiger partial charge in [-0.25, -0.2) is 9.97 Å². The molecular weight excluding hydrogens is 200 g/mol. The molecule has 1 aromatic heterocycles. The van der Waals surface area contributed by atoms with Crippen molar-refractivity contribution in [3.8, 4) is 0 Å². The number of nitrogens with one attached hydrogen (secondary N) is 1. The van der Waals surface area contributed by atoms with Crippen molar-refractivity contribution in [1.82, 2.24) is 20.2 Å². The predicted octanol–water partition coefficient (Wildman–Crippen LogP) is 0.969. The Morgan fingerprint density at radius 2 is 1.94 bits per heavy atom.